The van der Waals surface area contributed by atoms with Crippen LogP contribution in [0.3, 0.4) is 0 Å². The van der Waals surface area contributed by atoms with Crippen LogP contribution in [0.5, 0.6) is 0 Å². The molecule has 1 unspecified atom stereocenters. The third kappa shape index (κ3) is 5.01. The van der Waals surface area contributed by atoms with E-state index in [4.69, 9.17) is 5.11 Å². The molecule has 6 heteroatoms. The Bertz CT molecular complexity index is 380. The van der Waals surface area contributed by atoms with Crippen LogP contribution in [-0.2, 0) is 0 Å². The van der Waals surface area contributed by atoms with Gasteiger partial charge in [-0.25, -0.2) is 9.78 Å². The molecule has 0 amide bonds. The Labute approximate surface area is 112 Å². The molecular formula is C12H21N3O2S. The van der Waals surface area contributed by atoms with Crippen molar-refractivity contribution in [1.29, 1.82) is 0 Å². The van der Waals surface area contributed by atoms with Crippen LogP contribution in [0.25, 0.3) is 0 Å². The third-order valence-corrected chi connectivity index (χ3v) is 3.17. The molecule has 2 N–H and O–H groups in total. The zero-order valence-corrected chi connectivity index (χ0v) is 12.1. The van der Waals surface area contributed by atoms with Crippen molar-refractivity contribution in [2.45, 2.75) is 26.3 Å². The molecule has 0 aliphatic carbocycles. The fraction of sp³-hybridized carbons (Fsp3) is 0.667. The van der Waals surface area contributed by atoms with Crippen molar-refractivity contribution in [3.05, 3.63) is 11.1 Å². The van der Waals surface area contributed by atoms with Crippen molar-refractivity contribution in [3.8, 4) is 0 Å². The molecule has 0 aromatic carbocycles. The molecule has 0 aliphatic heterocycles. The van der Waals surface area contributed by atoms with Crippen LogP contribution in [0, 0.1) is 5.92 Å². The highest BCUT2D eigenvalue weighted by molar-refractivity contribution is 7.13. The minimum Gasteiger partial charge on any atom is -0.476 e. The average molecular weight is 271 g/mol. The van der Waals surface area contributed by atoms with E-state index in [0.29, 0.717) is 11.0 Å². The van der Waals surface area contributed by atoms with E-state index >= 15 is 0 Å². The van der Waals surface area contributed by atoms with Gasteiger partial charge in [0.05, 0.1) is 0 Å². The SMILES string of the molecule is CC(C)CC(CN(C)C)Nc1nc(C(=O)O)cs1. The molecule has 0 spiro atoms. The van der Waals surface area contributed by atoms with Gasteiger partial charge < -0.3 is 15.3 Å². The third-order valence-electron chi connectivity index (χ3n) is 2.39. The average Bonchev–Trinajstić information content (AvgIpc) is 2.63. The number of nitrogens with zero attached hydrogens (tertiary/aromatic N) is 2. The molecule has 5 nitrogen and oxygen atoms in total. The Morgan fingerprint density at radius 3 is 2.67 bits per heavy atom. The number of hydrogen-bond donors (Lipinski definition) is 2. The van der Waals surface area contributed by atoms with Gasteiger partial charge in [-0.15, -0.1) is 11.3 Å². The van der Waals surface area contributed by atoms with Gasteiger partial charge >= 0.3 is 5.97 Å². The fourth-order valence-electron chi connectivity index (χ4n) is 1.80. The summed E-state index contributed by atoms with van der Waals surface area (Å²) in [7, 11) is 4.05. The van der Waals surface area contributed by atoms with Crippen molar-refractivity contribution in [2.75, 3.05) is 26.0 Å². The summed E-state index contributed by atoms with van der Waals surface area (Å²) in [6.45, 7) is 5.25. The summed E-state index contributed by atoms with van der Waals surface area (Å²) in [5.74, 6) is -0.395. The quantitative estimate of drug-likeness (QED) is 0.796. The van der Waals surface area contributed by atoms with Crippen LogP contribution in [0.4, 0.5) is 5.13 Å². The highest BCUT2D eigenvalue weighted by Crippen LogP contribution is 2.18. The van der Waals surface area contributed by atoms with Crippen molar-refractivity contribution in [2.24, 2.45) is 5.92 Å². The molecule has 0 aliphatic rings. The van der Waals surface area contributed by atoms with Gasteiger partial charge in [-0.1, -0.05) is 13.8 Å². The first-order valence-electron chi connectivity index (χ1n) is 5.98. The van der Waals surface area contributed by atoms with Crippen LogP contribution in [0.1, 0.15) is 30.8 Å². The lowest BCUT2D eigenvalue weighted by molar-refractivity contribution is 0.0691. The smallest absolute Gasteiger partial charge is 0.355 e. The Kier molecular flexibility index (Phi) is 5.55. The van der Waals surface area contributed by atoms with Crippen molar-refractivity contribution in [1.82, 2.24) is 9.88 Å². The topological polar surface area (TPSA) is 65.5 Å². The number of nitrogens with one attached hydrogen (secondary N) is 1. The van der Waals surface area contributed by atoms with E-state index in [0.717, 1.165) is 13.0 Å². The minimum absolute atomic E-state index is 0.107. The van der Waals surface area contributed by atoms with E-state index in [1.54, 1.807) is 5.38 Å². The molecule has 0 radical (unpaired) electrons. The Hall–Kier alpha value is -1.14. The fourth-order valence-corrected chi connectivity index (χ4v) is 2.56. The highest BCUT2D eigenvalue weighted by Gasteiger charge is 2.15. The second-order valence-electron chi connectivity index (χ2n) is 5.08. The van der Waals surface area contributed by atoms with Gasteiger partial charge in [0.25, 0.3) is 0 Å². The Balaban J connectivity index is 2.65. The molecule has 1 rings (SSSR count). The van der Waals surface area contributed by atoms with E-state index in [1.807, 2.05) is 14.1 Å². The van der Waals surface area contributed by atoms with Crippen LogP contribution in [0.15, 0.2) is 5.38 Å². The largest absolute Gasteiger partial charge is 0.476 e. The molecule has 1 aromatic heterocycles. The second kappa shape index (κ2) is 6.70. The maximum absolute atomic E-state index is 10.8. The predicted molar refractivity (Wildman–Crippen MR) is 74.5 cm³/mol. The van der Waals surface area contributed by atoms with Crippen molar-refractivity contribution >= 4 is 22.4 Å². The second-order valence-corrected chi connectivity index (χ2v) is 5.93. The zero-order chi connectivity index (χ0) is 13.7. The number of rotatable bonds is 7. The minimum atomic E-state index is -0.979. The van der Waals surface area contributed by atoms with Gasteiger partial charge in [0.2, 0.25) is 0 Å². The number of carbonyl (C=O) groups is 1. The van der Waals surface area contributed by atoms with Gasteiger partial charge in [-0.2, -0.15) is 0 Å². The van der Waals surface area contributed by atoms with Gasteiger partial charge in [-0.3, -0.25) is 0 Å². The van der Waals surface area contributed by atoms with Crippen LogP contribution in [-0.4, -0.2) is 47.6 Å². The summed E-state index contributed by atoms with van der Waals surface area (Å²) >= 11 is 1.34. The summed E-state index contributed by atoms with van der Waals surface area (Å²) < 4.78 is 0. The van der Waals surface area contributed by atoms with Crippen LogP contribution < -0.4 is 5.32 Å². The zero-order valence-electron chi connectivity index (χ0n) is 11.3. The number of anilines is 1. The molecule has 1 heterocycles. The van der Waals surface area contributed by atoms with E-state index < -0.39 is 5.97 Å². The predicted octanol–water partition coefficient (Wildman–Crippen LogP) is 2.23. The Morgan fingerprint density at radius 1 is 1.56 bits per heavy atom. The van der Waals surface area contributed by atoms with E-state index in [2.05, 4.69) is 29.0 Å². The van der Waals surface area contributed by atoms with E-state index in [-0.39, 0.29) is 11.7 Å². The number of aromatic carboxylic acids is 1. The van der Waals surface area contributed by atoms with Crippen LogP contribution in [0.2, 0.25) is 0 Å². The molecule has 18 heavy (non-hydrogen) atoms. The maximum atomic E-state index is 10.8. The monoisotopic (exact) mass is 271 g/mol. The Morgan fingerprint density at radius 2 is 2.22 bits per heavy atom. The maximum Gasteiger partial charge on any atom is 0.355 e. The summed E-state index contributed by atoms with van der Waals surface area (Å²) in [4.78, 5) is 16.9. The molecule has 102 valence electrons. The molecule has 0 fully saturated rings. The molecular weight excluding hydrogens is 250 g/mol. The van der Waals surface area contributed by atoms with Gasteiger partial charge in [0.1, 0.15) is 0 Å². The summed E-state index contributed by atoms with van der Waals surface area (Å²) in [6.07, 6.45) is 1.03. The standard InChI is InChI=1S/C12H21N3O2S/c1-8(2)5-9(6-15(3)4)13-12-14-10(7-18-12)11(16)17/h7-9H,5-6H2,1-4H3,(H,13,14)(H,16,17). The molecule has 0 bridgehead atoms. The lowest BCUT2D eigenvalue weighted by atomic mass is 10.0. The number of hydrogen-bond acceptors (Lipinski definition) is 5. The number of carboxylic acid groups (broad SMARTS) is 1. The van der Waals surface area contributed by atoms with Crippen molar-refractivity contribution in [3.63, 3.8) is 0 Å². The van der Waals surface area contributed by atoms with Gasteiger partial charge in [0, 0.05) is 18.0 Å². The number of likely N-dealkylation sites (N-methyl/N-ethyl adjacent to an activating group) is 1. The summed E-state index contributed by atoms with van der Waals surface area (Å²) in [5, 5.41) is 14.4. The number of thiazole rings is 1. The number of carboxylic acids is 1. The highest BCUT2D eigenvalue weighted by atomic mass is 32.1. The van der Waals surface area contributed by atoms with Crippen molar-refractivity contribution < 1.29 is 9.90 Å². The molecule has 0 saturated heterocycles. The first-order valence-corrected chi connectivity index (χ1v) is 6.86. The van der Waals surface area contributed by atoms with Crippen LogP contribution >= 0.6 is 11.3 Å². The molecule has 1 atom stereocenters. The normalized spacial score (nSPS) is 13.0. The van der Waals surface area contributed by atoms with E-state index in [1.165, 1.54) is 11.3 Å². The summed E-state index contributed by atoms with van der Waals surface area (Å²) in [5.41, 5.74) is 0.107. The summed E-state index contributed by atoms with van der Waals surface area (Å²) in [6, 6.07) is 0.285. The lowest BCUT2D eigenvalue weighted by Gasteiger charge is -2.23. The van der Waals surface area contributed by atoms with Gasteiger partial charge in [0.15, 0.2) is 10.8 Å². The number of aromatic nitrogens is 1. The van der Waals surface area contributed by atoms with E-state index in [9.17, 15) is 4.79 Å². The molecule has 0 saturated carbocycles. The van der Waals surface area contributed by atoms with Gasteiger partial charge in [-0.05, 0) is 26.4 Å². The lowest BCUT2D eigenvalue weighted by Crippen LogP contribution is -2.33. The first-order chi connectivity index (χ1) is 8.38. The molecule has 1 aromatic rings. The first kappa shape index (κ1) is 14.9.